The number of benzene rings is 1. The second-order valence-corrected chi connectivity index (χ2v) is 6.56. The number of likely N-dealkylation sites (tertiary alicyclic amines) is 1. The van der Waals surface area contributed by atoms with Gasteiger partial charge in [-0.3, -0.25) is 4.90 Å². The number of rotatable bonds is 3. The highest BCUT2D eigenvalue weighted by Crippen LogP contribution is 2.38. The molecule has 4 heteroatoms. The fourth-order valence-corrected chi connectivity index (χ4v) is 3.10. The molecule has 1 fully saturated rings. The van der Waals surface area contributed by atoms with Crippen molar-refractivity contribution in [2.75, 3.05) is 19.6 Å². The molecular weight excluding hydrogens is 267 g/mol. The van der Waals surface area contributed by atoms with E-state index in [2.05, 4.69) is 18.7 Å². The smallest absolute Gasteiger partial charge is 0.0640 e. The third kappa shape index (κ3) is 2.83. The Morgan fingerprint density at radius 2 is 2.11 bits per heavy atom. The maximum absolute atomic E-state index is 6.30. The van der Waals surface area contributed by atoms with E-state index in [1.807, 2.05) is 18.2 Å². The van der Waals surface area contributed by atoms with Crippen molar-refractivity contribution in [1.29, 1.82) is 0 Å². The van der Waals surface area contributed by atoms with Gasteiger partial charge in [0.25, 0.3) is 0 Å². The van der Waals surface area contributed by atoms with Crippen molar-refractivity contribution in [1.82, 2.24) is 4.90 Å². The van der Waals surface area contributed by atoms with Crippen LogP contribution < -0.4 is 5.73 Å². The quantitative estimate of drug-likeness (QED) is 0.918. The molecule has 0 amide bonds. The predicted molar refractivity (Wildman–Crippen MR) is 78.2 cm³/mol. The minimum atomic E-state index is 0.165. The average molecular weight is 287 g/mol. The Hall–Kier alpha value is -0.280. The largest absolute Gasteiger partial charge is 0.329 e. The fraction of sp³-hybridized carbons (Fsp3) is 0.571. The van der Waals surface area contributed by atoms with Crippen LogP contribution in [0.5, 0.6) is 0 Å². The number of halogens is 2. The number of hydrogen-bond donors (Lipinski definition) is 1. The highest BCUT2D eigenvalue weighted by molar-refractivity contribution is 6.42. The zero-order chi connectivity index (χ0) is 13.3. The van der Waals surface area contributed by atoms with Gasteiger partial charge in [-0.15, -0.1) is 0 Å². The van der Waals surface area contributed by atoms with Gasteiger partial charge in [0.1, 0.15) is 0 Å². The molecule has 0 saturated carbocycles. The van der Waals surface area contributed by atoms with Gasteiger partial charge in [-0.05, 0) is 30.0 Å². The number of nitrogens with zero attached hydrogens (tertiary/aromatic N) is 1. The van der Waals surface area contributed by atoms with E-state index in [0.717, 1.165) is 18.7 Å². The first kappa shape index (κ1) is 14.1. The van der Waals surface area contributed by atoms with Gasteiger partial charge < -0.3 is 5.73 Å². The second kappa shape index (κ2) is 5.38. The summed E-state index contributed by atoms with van der Waals surface area (Å²) in [4.78, 5) is 2.41. The molecule has 1 aliphatic rings. The summed E-state index contributed by atoms with van der Waals surface area (Å²) in [6.45, 7) is 7.27. The number of hydrogen-bond acceptors (Lipinski definition) is 2. The fourth-order valence-electron chi connectivity index (χ4n) is 2.67. The summed E-state index contributed by atoms with van der Waals surface area (Å²) in [5, 5.41) is 1.24. The molecule has 18 heavy (non-hydrogen) atoms. The predicted octanol–water partition coefficient (Wildman–Crippen LogP) is 3.73. The maximum Gasteiger partial charge on any atom is 0.0640 e. The molecule has 2 N–H and O–H groups in total. The SMILES string of the molecule is CC1(C)CCN(C(CN)c2cccc(Cl)c2Cl)C1. The van der Waals surface area contributed by atoms with E-state index >= 15 is 0 Å². The van der Waals surface area contributed by atoms with Gasteiger partial charge in [0.2, 0.25) is 0 Å². The Labute approximate surface area is 119 Å². The molecule has 0 bridgehead atoms. The van der Waals surface area contributed by atoms with Gasteiger partial charge >= 0.3 is 0 Å². The number of nitrogens with two attached hydrogens (primary N) is 1. The van der Waals surface area contributed by atoms with Crippen LogP contribution in [0.3, 0.4) is 0 Å². The Balaban J connectivity index is 2.26. The highest BCUT2D eigenvalue weighted by Gasteiger charge is 2.34. The van der Waals surface area contributed by atoms with E-state index in [1.165, 1.54) is 6.42 Å². The molecule has 2 nitrogen and oxygen atoms in total. The molecule has 100 valence electrons. The van der Waals surface area contributed by atoms with Crippen molar-refractivity contribution in [3.05, 3.63) is 33.8 Å². The maximum atomic E-state index is 6.30. The second-order valence-electron chi connectivity index (χ2n) is 5.78. The highest BCUT2D eigenvalue weighted by atomic mass is 35.5. The Bertz CT molecular complexity index is 432. The summed E-state index contributed by atoms with van der Waals surface area (Å²) in [5.41, 5.74) is 7.35. The van der Waals surface area contributed by atoms with Gasteiger partial charge in [0, 0.05) is 19.1 Å². The summed E-state index contributed by atoms with van der Waals surface area (Å²) >= 11 is 12.4. The van der Waals surface area contributed by atoms with E-state index < -0.39 is 0 Å². The molecule has 0 aromatic heterocycles. The molecule has 1 aromatic carbocycles. The molecule has 1 aromatic rings. The van der Waals surface area contributed by atoms with Gasteiger partial charge in [-0.1, -0.05) is 49.2 Å². The van der Waals surface area contributed by atoms with Crippen LogP contribution in [0.1, 0.15) is 31.9 Å². The van der Waals surface area contributed by atoms with E-state index in [9.17, 15) is 0 Å². The van der Waals surface area contributed by atoms with Crippen molar-refractivity contribution < 1.29 is 0 Å². The minimum absolute atomic E-state index is 0.165. The Morgan fingerprint density at radius 3 is 2.67 bits per heavy atom. The van der Waals surface area contributed by atoms with Crippen LogP contribution in [0, 0.1) is 5.41 Å². The lowest BCUT2D eigenvalue weighted by atomic mass is 9.93. The van der Waals surface area contributed by atoms with Crippen LogP contribution in [-0.2, 0) is 0 Å². The molecule has 0 aliphatic carbocycles. The zero-order valence-corrected chi connectivity index (χ0v) is 12.4. The van der Waals surface area contributed by atoms with Crippen molar-refractivity contribution in [3.8, 4) is 0 Å². The van der Waals surface area contributed by atoms with Crippen LogP contribution in [0.4, 0.5) is 0 Å². The average Bonchev–Trinajstić information content (AvgIpc) is 2.66. The summed E-state index contributed by atoms with van der Waals surface area (Å²) in [5.74, 6) is 0. The van der Waals surface area contributed by atoms with E-state index in [-0.39, 0.29) is 6.04 Å². The Kier molecular flexibility index (Phi) is 4.22. The first-order chi connectivity index (χ1) is 8.44. The van der Waals surface area contributed by atoms with Gasteiger partial charge in [-0.25, -0.2) is 0 Å². The molecule has 1 heterocycles. The van der Waals surface area contributed by atoms with Gasteiger partial charge in [-0.2, -0.15) is 0 Å². The summed E-state index contributed by atoms with van der Waals surface area (Å²) in [6.07, 6.45) is 1.20. The van der Waals surface area contributed by atoms with Crippen LogP contribution in [0.25, 0.3) is 0 Å². The van der Waals surface area contributed by atoms with Crippen LogP contribution in [0.15, 0.2) is 18.2 Å². The first-order valence-electron chi connectivity index (χ1n) is 6.32. The van der Waals surface area contributed by atoms with E-state index in [4.69, 9.17) is 28.9 Å². The topological polar surface area (TPSA) is 29.3 Å². The molecule has 2 rings (SSSR count). The Morgan fingerprint density at radius 1 is 1.39 bits per heavy atom. The monoisotopic (exact) mass is 286 g/mol. The van der Waals surface area contributed by atoms with Gasteiger partial charge in [0.15, 0.2) is 0 Å². The summed E-state index contributed by atoms with van der Waals surface area (Å²) < 4.78 is 0. The van der Waals surface area contributed by atoms with E-state index in [1.54, 1.807) is 0 Å². The summed E-state index contributed by atoms with van der Waals surface area (Å²) in [6, 6.07) is 5.94. The summed E-state index contributed by atoms with van der Waals surface area (Å²) in [7, 11) is 0. The first-order valence-corrected chi connectivity index (χ1v) is 7.08. The molecule has 1 aliphatic heterocycles. The molecular formula is C14H20Cl2N2. The lowest BCUT2D eigenvalue weighted by Gasteiger charge is -2.29. The van der Waals surface area contributed by atoms with E-state index in [0.29, 0.717) is 22.0 Å². The van der Waals surface area contributed by atoms with Crippen LogP contribution in [0.2, 0.25) is 10.0 Å². The molecule has 1 unspecified atom stereocenters. The molecule has 1 atom stereocenters. The molecule has 0 spiro atoms. The third-order valence-electron chi connectivity index (χ3n) is 3.71. The minimum Gasteiger partial charge on any atom is -0.329 e. The zero-order valence-electron chi connectivity index (χ0n) is 10.9. The standard InChI is InChI=1S/C14H20Cl2N2/c1-14(2)6-7-18(9-14)12(8-17)10-4-3-5-11(15)13(10)16/h3-5,12H,6-9,17H2,1-2H3. The molecule has 0 radical (unpaired) electrons. The van der Waals surface area contributed by atoms with Crippen molar-refractivity contribution in [2.45, 2.75) is 26.3 Å². The normalized spacial score (nSPS) is 21.2. The van der Waals surface area contributed by atoms with Crippen molar-refractivity contribution in [2.24, 2.45) is 11.1 Å². The van der Waals surface area contributed by atoms with Crippen LogP contribution in [-0.4, -0.2) is 24.5 Å². The lowest BCUT2D eigenvalue weighted by Crippen LogP contribution is -2.33. The molecule has 1 saturated heterocycles. The lowest BCUT2D eigenvalue weighted by molar-refractivity contribution is 0.223. The van der Waals surface area contributed by atoms with Crippen molar-refractivity contribution in [3.63, 3.8) is 0 Å². The third-order valence-corrected chi connectivity index (χ3v) is 4.54. The van der Waals surface area contributed by atoms with Crippen molar-refractivity contribution >= 4 is 23.2 Å². The van der Waals surface area contributed by atoms with Crippen LogP contribution >= 0.6 is 23.2 Å². The van der Waals surface area contributed by atoms with Gasteiger partial charge in [0.05, 0.1) is 10.0 Å².